The predicted octanol–water partition coefficient (Wildman–Crippen LogP) is 1.73. The van der Waals surface area contributed by atoms with Gasteiger partial charge < -0.3 is 10.6 Å². The molecule has 0 radical (unpaired) electrons. The Kier molecular flexibility index (Phi) is 3.20. The van der Waals surface area contributed by atoms with E-state index in [-0.39, 0.29) is 0 Å². The van der Waals surface area contributed by atoms with Gasteiger partial charge in [0.05, 0.1) is 15.8 Å². The summed E-state index contributed by atoms with van der Waals surface area (Å²) in [5, 5.41) is 4.36. The summed E-state index contributed by atoms with van der Waals surface area (Å²) in [6.45, 7) is 3.39. The summed E-state index contributed by atoms with van der Waals surface area (Å²) in [5.41, 5.74) is 5.99. The molecule has 2 atom stereocenters. The number of nitrogens with two attached hydrogens (primary N) is 1. The molecule has 0 aliphatic carbocycles. The Labute approximate surface area is 104 Å². The fourth-order valence-corrected chi connectivity index (χ4v) is 2.50. The molecule has 1 aromatic rings. The Hall–Kier alpha value is -0.300. The average Bonchev–Trinajstić information content (AvgIpc) is 2.53. The van der Waals surface area contributed by atoms with Crippen molar-refractivity contribution < 1.29 is 0 Å². The van der Waals surface area contributed by atoms with Crippen LogP contribution in [0.1, 0.15) is 25.8 Å². The van der Waals surface area contributed by atoms with Gasteiger partial charge in [0.2, 0.25) is 0 Å². The lowest BCUT2D eigenvalue weighted by Crippen LogP contribution is -2.38. The monoisotopic (exact) mass is 320 g/mol. The molecule has 15 heavy (non-hydrogen) atoms. The van der Waals surface area contributed by atoms with Gasteiger partial charge in [-0.05, 0) is 49.4 Å². The molecule has 1 saturated heterocycles. The predicted molar refractivity (Wildman–Crippen MR) is 69.7 cm³/mol. The van der Waals surface area contributed by atoms with Crippen LogP contribution in [0.3, 0.4) is 0 Å². The molecule has 0 saturated carbocycles. The zero-order chi connectivity index (χ0) is 11.0. The highest BCUT2D eigenvalue weighted by atomic mass is 127. The molecule has 2 N–H and O–H groups in total. The highest BCUT2D eigenvalue weighted by molar-refractivity contribution is 14.1. The number of piperidine rings is 1. The van der Waals surface area contributed by atoms with Crippen LogP contribution in [0, 0.1) is 3.57 Å². The highest BCUT2D eigenvalue weighted by Gasteiger charge is 2.25. The van der Waals surface area contributed by atoms with E-state index in [0.29, 0.717) is 12.1 Å². The molecule has 0 spiro atoms. The molecule has 4 nitrogen and oxygen atoms in total. The molecule has 0 aromatic carbocycles. The number of hydrogen-bond donors (Lipinski definition) is 1. The lowest BCUT2D eigenvalue weighted by molar-refractivity contribution is 0.152. The summed E-state index contributed by atoms with van der Waals surface area (Å²) in [7, 11) is 2.18. The number of nitrogens with zero attached hydrogens (tertiary/aromatic N) is 3. The SMILES string of the molecule is CC1CC(n2ncc(I)c2N)CCN1C. The second-order valence-electron chi connectivity index (χ2n) is 4.33. The number of likely N-dealkylation sites (tertiary alicyclic amines) is 1. The zero-order valence-electron chi connectivity index (χ0n) is 9.15. The van der Waals surface area contributed by atoms with Crippen molar-refractivity contribution in [2.75, 3.05) is 19.3 Å². The maximum absolute atomic E-state index is 5.99. The topological polar surface area (TPSA) is 47.1 Å². The van der Waals surface area contributed by atoms with Crippen LogP contribution >= 0.6 is 22.6 Å². The van der Waals surface area contributed by atoms with Crippen molar-refractivity contribution >= 4 is 28.4 Å². The summed E-state index contributed by atoms with van der Waals surface area (Å²) in [5.74, 6) is 0.817. The minimum Gasteiger partial charge on any atom is -0.383 e. The van der Waals surface area contributed by atoms with Crippen LogP contribution < -0.4 is 5.73 Å². The molecule has 1 aliphatic rings. The van der Waals surface area contributed by atoms with Crippen molar-refractivity contribution in [3.05, 3.63) is 9.77 Å². The molecular formula is C10H17IN4. The van der Waals surface area contributed by atoms with Gasteiger partial charge in [0, 0.05) is 12.6 Å². The third kappa shape index (κ3) is 2.13. The van der Waals surface area contributed by atoms with E-state index in [4.69, 9.17) is 5.73 Å². The van der Waals surface area contributed by atoms with E-state index in [9.17, 15) is 0 Å². The van der Waals surface area contributed by atoms with Crippen molar-refractivity contribution in [2.45, 2.75) is 31.8 Å². The Morgan fingerprint density at radius 1 is 1.60 bits per heavy atom. The lowest BCUT2D eigenvalue weighted by atomic mass is 9.99. The maximum atomic E-state index is 5.99. The first kappa shape index (κ1) is 11.2. The van der Waals surface area contributed by atoms with Gasteiger partial charge in [-0.25, -0.2) is 4.68 Å². The smallest absolute Gasteiger partial charge is 0.135 e. The van der Waals surface area contributed by atoms with E-state index in [0.717, 1.165) is 28.8 Å². The molecule has 2 heterocycles. The van der Waals surface area contributed by atoms with Crippen molar-refractivity contribution in [1.82, 2.24) is 14.7 Å². The summed E-state index contributed by atoms with van der Waals surface area (Å²) >= 11 is 2.23. The van der Waals surface area contributed by atoms with Crippen molar-refractivity contribution in [3.8, 4) is 0 Å². The van der Waals surface area contributed by atoms with E-state index in [1.54, 1.807) is 0 Å². The van der Waals surface area contributed by atoms with Gasteiger partial charge in [0.25, 0.3) is 0 Å². The van der Waals surface area contributed by atoms with E-state index >= 15 is 0 Å². The normalized spacial score (nSPS) is 28.2. The molecule has 0 bridgehead atoms. The summed E-state index contributed by atoms with van der Waals surface area (Å²) in [4.78, 5) is 2.39. The Morgan fingerprint density at radius 2 is 2.33 bits per heavy atom. The quantitative estimate of drug-likeness (QED) is 0.802. The third-order valence-corrected chi connectivity index (χ3v) is 4.14. The fourth-order valence-electron chi connectivity index (χ4n) is 2.13. The van der Waals surface area contributed by atoms with Crippen LogP contribution in [-0.2, 0) is 0 Å². The zero-order valence-corrected chi connectivity index (χ0v) is 11.3. The van der Waals surface area contributed by atoms with Crippen LogP contribution in [0.2, 0.25) is 0 Å². The van der Waals surface area contributed by atoms with E-state index < -0.39 is 0 Å². The average molecular weight is 320 g/mol. The van der Waals surface area contributed by atoms with Gasteiger partial charge in [-0.3, -0.25) is 0 Å². The fraction of sp³-hybridized carbons (Fsp3) is 0.700. The molecule has 1 aliphatic heterocycles. The standard InChI is InChI=1S/C10H17IN4/c1-7-5-8(3-4-14(7)2)15-10(12)9(11)6-13-15/h6-8H,3-5,12H2,1-2H3. The van der Waals surface area contributed by atoms with E-state index in [1.807, 2.05) is 10.9 Å². The maximum Gasteiger partial charge on any atom is 0.135 e. The van der Waals surface area contributed by atoms with Crippen LogP contribution in [0.5, 0.6) is 0 Å². The summed E-state index contributed by atoms with van der Waals surface area (Å²) in [6.07, 6.45) is 4.13. The number of hydrogen-bond acceptors (Lipinski definition) is 3. The highest BCUT2D eigenvalue weighted by Crippen LogP contribution is 2.28. The number of anilines is 1. The first-order valence-electron chi connectivity index (χ1n) is 5.28. The number of rotatable bonds is 1. The van der Waals surface area contributed by atoms with Gasteiger partial charge in [0.1, 0.15) is 5.82 Å². The van der Waals surface area contributed by atoms with Gasteiger partial charge in [-0.15, -0.1) is 0 Å². The van der Waals surface area contributed by atoms with E-state index in [2.05, 4.69) is 46.6 Å². The van der Waals surface area contributed by atoms with Crippen LogP contribution in [0.15, 0.2) is 6.20 Å². The minimum atomic E-state index is 0.472. The molecule has 84 valence electrons. The lowest BCUT2D eigenvalue weighted by Gasteiger charge is -2.35. The number of aromatic nitrogens is 2. The van der Waals surface area contributed by atoms with Crippen LogP contribution in [-0.4, -0.2) is 34.3 Å². The Balaban J connectivity index is 2.15. The summed E-state index contributed by atoms with van der Waals surface area (Å²) < 4.78 is 3.05. The van der Waals surface area contributed by atoms with Crippen LogP contribution in [0.4, 0.5) is 5.82 Å². The van der Waals surface area contributed by atoms with Crippen molar-refractivity contribution in [3.63, 3.8) is 0 Å². The minimum absolute atomic E-state index is 0.472. The molecule has 1 fully saturated rings. The third-order valence-electron chi connectivity index (χ3n) is 3.31. The molecule has 0 amide bonds. The van der Waals surface area contributed by atoms with Crippen molar-refractivity contribution in [2.24, 2.45) is 0 Å². The van der Waals surface area contributed by atoms with Crippen molar-refractivity contribution in [1.29, 1.82) is 0 Å². The molecule has 5 heteroatoms. The largest absolute Gasteiger partial charge is 0.383 e. The Morgan fingerprint density at radius 3 is 2.87 bits per heavy atom. The molecular weight excluding hydrogens is 303 g/mol. The van der Waals surface area contributed by atoms with Gasteiger partial charge in [-0.1, -0.05) is 0 Å². The van der Waals surface area contributed by atoms with Gasteiger partial charge in [-0.2, -0.15) is 5.10 Å². The second-order valence-corrected chi connectivity index (χ2v) is 5.49. The van der Waals surface area contributed by atoms with Gasteiger partial charge >= 0.3 is 0 Å². The summed E-state index contributed by atoms with van der Waals surface area (Å²) in [6, 6.07) is 1.09. The number of nitrogen functional groups attached to an aromatic ring is 1. The number of halogens is 1. The molecule has 2 rings (SSSR count). The molecule has 2 unspecified atom stereocenters. The van der Waals surface area contributed by atoms with Gasteiger partial charge in [0.15, 0.2) is 0 Å². The first-order chi connectivity index (χ1) is 7.09. The first-order valence-corrected chi connectivity index (χ1v) is 6.36. The second kappa shape index (κ2) is 4.29. The molecule has 1 aromatic heterocycles. The van der Waals surface area contributed by atoms with Crippen LogP contribution in [0.25, 0.3) is 0 Å². The Bertz CT molecular complexity index is 349. The van der Waals surface area contributed by atoms with E-state index in [1.165, 1.54) is 0 Å².